The molecule has 0 atom stereocenters. The van der Waals surface area contributed by atoms with Crippen LogP contribution in [0, 0.1) is 23.2 Å². The number of halogens is 1. The van der Waals surface area contributed by atoms with Crippen LogP contribution in [0.25, 0.3) is 0 Å². The standard InChI is InChI=1S/C18H23Cl/c1-6-13-7-8-15(16(19)9-13)14-10-17(2,3)12-18(4,5)11-14/h1,7-9,14H,10-12H2,2-5H3. The van der Waals surface area contributed by atoms with Crippen LogP contribution < -0.4 is 0 Å². The van der Waals surface area contributed by atoms with Crippen molar-refractivity contribution >= 4 is 11.6 Å². The van der Waals surface area contributed by atoms with E-state index in [1.54, 1.807) is 0 Å². The molecule has 0 radical (unpaired) electrons. The van der Waals surface area contributed by atoms with Crippen LogP contribution in [0.2, 0.25) is 5.02 Å². The molecule has 1 heteroatoms. The van der Waals surface area contributed by atoms with Crippen molar-refractivity contribution in [1.82, 2.24) is 0 Å². The molecule has 19 heavy (non-hydrogen) atoms. The minimum atomic E-state index is 0.376. The summed E-state index contributed by atoms with van der Waals surface area (Å²) in [7, 11) is 0. The molecule has 1 aliphatic carbocycles. The second kappa shape index (κ2) is 4.88. The molecule has 0 nitrogen and oxygen atoms in total. The number of terminal acetylenes is 1. The van der Waals surface area contributed by atoms with Gasteiger partial charge in [0.1, 0.15) is 0 Å². The van der Waals surface area contributed by atoms with Gasteiger partial charge in [0.05, 0.1) is 0 Å². The van der Waals surface area contributed by atoms with E-state index in [1.807, 2.05) is 12.1 Å². The van der Waals surface area contributed by atoms with Gasteiger partial charge in [0.15, 0.2) is 0 Å². The minimum Gasteiger partial charge on any atom is -0.115 e. The first kappa shape index (κ1) is 14.5. The summed E-state index contributed by atoms with van der Waals surface area (Å²) in [5.74, 6) is 3.19. The molecule has 1 aromatic rings. The molecule has 0 unspecified atom stereocenters. The number of benzene rings is 1. The van der Waals surface area contributed by atoms with Crippen molar-refractivity contribution in [2.24, 2.45) is 10.8 Å². The Balaban J connectivity index is 2.34. The van der Waals surface area contributed by atoms with E-state index >= 15 is 0 Å². The Morgan fingerprint density at radius 1 is 1.16 bits per heavy atom. The Hall–Kier alpha value is -0.930. The maximum atomic E-state index is 6.43. The van der Waals surface area contributed by atoms with E-state index in [4.69, 9.17) is 18.0 Å². The second-order valence-corrected chi connectivity index (χ2v) is 7.90. The van der Waals surface area contributed by atoms with Crippen LogP contribution in [-0.4, -0.2) is 0 Å². The Kier molecular flexibility index (Phi) is 3.72. The highest BCUT2D eigenvalue weighted by Crippen LogP contribution is 2.52. The van der Waals surface area contributed by atoms with Gasteiger partial charge in [-0.25, -0.2) is 0 Å². The predicted octanol–water partition coefficient (Wildman–Crippen LogP) is 5.64. The summed E-state index contributed by atoms with van der Waals surface area (Å²) in [5, 5.41) is 0.828. The van der Waals surface area contributed by atoms with Crippen molar-refractivity contribution < 1.29 is 0 Å². The molecular formula is C18H23Cl. The lowest BCUT2D eigenvalue weighted by atomic mass is 9.60. The maximum Gasteiger partial charge on any atom is 0.0453 e. The highest BCUT2D eigenvalue weighted by Gasteiger charge is 2.39. The third-order valence-electron chi connectivity index (χ3n) is 4.16. The van der Waals surface area contributed by atoms with E-state index in [1.165, 1.54) is 24.8 Å². The van der Waals surface area contributed by atoms with E-state index in [0.717, 1.165) is 10.6 Å². The summed E-state index contributed by atoms with van der Waals surface area (Å²) >= 11 is 6.43. The summed E-state index contributed by atoms with van der Waals surface area (Å²) in [4.78, 5) is 0. The molecule has 0 heterocycles. The Bertz CT molecular complexity index is 501. The van der Waals surface area contributed by atoms with Crippen LogP contribution >= 0.6 is 11.6 Å². The zero-order valence-electron chi connectivity index (χ0n) is 12.4. The number of rotatable bonds is 1. The van der Waals surface area contributed by atoms with Gasteiger partial charge in [-0.2, -0.15) is 0 Å². The fourth-order valence-electron chi connectivity index (χ4n) is 4.01. The van der Waals surface area contributed by atoms with Crippen LogP contribution in [0.5, 0.6) is 0 Å². The quantitative estimate of drug-likeness (QED) is 0.581. The first-order valence-electron chi connectivity index (χ1n) is 6.99. The van der Waals surface area contributed by atoms with E-state index in [2.05, 4.69) is 39.7 Å². The Morgan fingerprint density at radius 2 is 1.74 bits per heavy atom. The van der Waals surface area contributed by atoms with Gasteiger partial charge >= 0.3 is 0 Å². The van der Waals surface area contributed by atoms with Gasteiger partial charge in [-0.05, 0) is 53.7 Å². The maximum absolute atomic E-state index is 6.43. The molecule has 0 saturated heterocycles. The topological polar surface area (TPSA) is 0 Å². The number of hydrogen-bond acceptors (Lipinski definition) is 0. The van der Waals surface area contributed by atoms with E-state index in [-0.39, 0.29) is 0 Å². The molecule has 1 aliphatic rings. The third kappa shape index (κ3) is 3.34. The van der Waals surface area contributed by atoms with E-state index in [9.17, 15) is 0 Å². The van der Waals surface area contributed by atoms with Gasteiger partial charge in [0.25, 0.3) is 0 Å². The van der Waals surface area contributed by atoms with Crippen LogP contribution in [0.3, 0.4) is 0 Å². The van der Waals surface area contributed by atoms with Crippen molar-refractivity contribution in [3.8, 4) is 12.3 Å². The van der Waals surface area contributed by atoms with Crippen molar-refractivity contribution in [3.05, 3.63) is 34.3 Å². The average molecular weight is 275 g/mol. The monoisotopic (exact) mass is 274 g/mol. The average Bonchev–Trinajstić information content (AvgIpc) is 2.24. The minimum absolute atomic E-state index is 0.376. The third-order valence-corrected chi connectivity index (χ3v) is 4.49. The highest BCUT2D eigenvalue weighted by molar-refractivity contribution is 6.31. The van der Waals surface area contributed by atoms with Gasteiger partial charge in [-0.15, -0.1) is 6.42 Å². The molecule has 0 bridgehead atoms. The van der Waals surface area contributed by atoms with Crippen molar-refractivity contribution in [1.29, 1.82) is 0 Å². The molecule has 0 spiro atoms. The summed E-state index contributed by atoms with van der Waals surface area (Å²) < 4.78 is 0. The van der Waals surface area contributed by atoms with Crippen LogP contribution in [-0.2, 0) is 0 Å². The molecule has 1 aromatic carbocycles. The van der Waals surface area contributed by atoms with Crippen LogP contribution in [0.4, 0.5) is 0 Å². The van der Waals surface area contributed by atoms with Gasteiger partial charge in [0.2, 0.25) is 0 Å². The summed E-state index contributed by atoms with van der Waals surface area (Å²) in [6.07, 6.45) is 9.10. The second-order valence-electron chi connectivity index (χ2n) is 7.49. The van der Waals surface area contributed by atoms with Gasteiger partial charge < -0.3 is 0 Å². The smallest absolute Gasteiger partial charge is 0.0453 e. The molecule has 0 aliphatic heterocycles. The lowest BCUT2D eigenvalue weighted by molar-refractivity contribution is 0.0969. The van der Waals surface area contributed by atoms with Crippen molar-refractivity contribution in [2.75, 3.05) is 0 Å². The Labute approximate surface area is 122 Å². The predicted molar refractivity (Wildman–Crippen MR) is 83.5 cm³/mol. The molecule has 1 saturated carbocycles. The largest absolute Gasteiger partial charge is 0.115 e. The summed E-state index contributed by atoms with van der Waals surface area (Å²) in [6, 6.07) is 6.06. The fraction of sp³-hybridized carbons (Fsp3) is 0.556. The van der Waals surface area contributed by atoms with Crippen LogP contribution in [0.1, 0.15) is 64.0 Å². The van der Waals surface area contributed by atoms with Gasteiger partial charge in [-0.3, -0.25) is 0 Å². The molecule has 0 aromatic heterocycles. The van der Waals surface area contributed by atoms with E-state index in [0.29, 0.717) is 16.7 Å². The fourth-order valence-corrected chi connectivity index (χ4v) is 4.35. The zero-order valence-corrected chi connectivity index (χ0v) is 13.1. The molecule has 0 amide bonds. The molecular weight excluding hydrogens is 252 g/mol. The summed E-state index contributed by atoms with van der Waals surface area (Å²) in [6.45, 7) is 9.46. The first-order valence-corrected chi connectivity index (χ1v) is 7.36. The zero-order chi connectivity index (χ0) is 14.3. The lowest BCUT2D eigenvalue weighted by Crippen LogP contribution is -2.33. The highest BCUT2D eigenvalue weighted by atomic mass is 35.5. The van der Waals surface area contributed by atoms with E-state index < -0.39 is 0 Å². The molecule has 102 valence electrons. The Morgan fingerprint density at radius 3 is 2.21 bits per heavy atom. The lowest BCUT2D eigenvalue weighted by Gasteiger charge is -2.45. The molecule has 0 N–H and O–H groups in total. The number of hydrogen-bond donors (Lipinski definition) is 0. The van der Waals surface area contributed by atoms with Crippen molar-refractivity contribution in [2.45, 2.75) is 52.9 Å². The first-order chi connectivity index (χ1) is 8.72. The SMILES string of the molecule is C#Cc1ccc(C2CC(C)(C)CC(C)(C)C2)c(Cl)c1. The van der Waals surface area contributed by atoms with Gasteiger partial charge in [0, 0.05) is 10.6 Å². The summed E-state index contributed by atoms with van der Waals surface area (Å²) in [5.41, 5.74) is 2.88. The van der Waals surface area contributed by atoms with Crippen molar-refractivity contribution in [3.63, 3.8) is 0 Å². The molecule has 2 rings (SSSR count). The normalized spacial score (nSPS) is 21.9. The van der Waals surface area contributed by atoms with Crippen LogP contribution in [0.15, 0.2) is 18.2 Å². The van der Waals surface area contributed by atoms with Gasteiger partial charge in [-0.1, -0.05) is 51.3 Å². The molecule has 1 fully saturated rings.